The second kappa shape index (κ2) is 6.05. The van der Waals surface area contributed by atoms with Gasteiger partial charge in [-0.15, -0.1) is 0 Å². The molecule has 2 amide bonds. The van der Waals surface area contributed by atoms with Gasteiger partial charge in [-0.1, -0.05) is 12.1 Å². The first-order valence-corrected chi connectivity index (χ1v) is 6.83. The highest BCUT2D eigenvalue weighted by molar-refractivity contribution is 6.39. The van der Waals surface area contributed by atoms with E-state index in [0.29, 0.717) is 31.6 Å². The zero-order chi connectivity index (χ0) is 14.7. The molecule has 0 saturated carbocycles. The lowest BCUT2D eigenvalue weighted by molar-refractivity contribution is -0.144. The molecule has 5 heteroatoms. The minimum absolute atomic E-state index is 0.360. The van der Waals surface area contributed by atoms with E-state index in [1.807, 2.05) is 26.0 Å². The second-order valence-electron chi connectivity index (χ2n) is 5.22. The van der Waals surface area contributed by atoms with Crippen molar-refractivity contribution in [2.75, 3.05) is 18.4 Å². The van der Waals surface area contributed by atoms with Gasteiger partial charge in [-0.2, -0.15) is 0 Å². The number of carbonyl (C=O) groups excluding carboxylic acids is 2. The molecule has 2 N–H and O–H groups in total. The van der Waals surface area contributed by atoms with E-state index in [-0.39, 0.29) is 6.10 Å². The highest BCUT2D eigenvalue weighted by atomic mass is 16.3. The van der Waals surface area contributed by atoms with Crippen molar-refractivity contribution in [3.05, 3.63) is 29.3 Å². The fourth-order valence-corrected chi connectivity index (χ4v) is 2.27. The summed E-state index contributed by atoms with van der Waals surface area (Å²) in [5.74, 6) is -1.15. The third kappa shape index (κ3) is 3.17. The molecular formula is C15H20N2O3. The lowest BCUT2D eigenvalue weighted by Crippen LogP contribution is -2.45. The average Bonchev–Trinajstić information content (AvgIpc) is 2.44. The number of aryl methyl sites for hydroxylation is 1. The van der Waals surface area contributed by atoms with Crippen molar-refractivity contribution in [3.63, 3.8) is 0 Å². The Morgan fingerprint density at radius 3 is 2.55 bits per heavy atom. The highest BCUT2D eigenvalue weighted by Gasteiger charge is 2.26. The maximum atomic E-state index is 12.0. The van der Waals surface area contributed by atoms with Gasteiger partial charge in [0, 0.05) is 18.8 Å². The Kier molecular flexibility index (Phi) is 4.39. The summed E-state index contributed by atoms with van der Waals surface area (Å²) in [7, 11) is 0. The predicted octanol–water partition coefficient (Wildman–Crippen LogP) is 1.23. The molecule has 0 atom stereocenters. The molecule has 0 aromatic heterocycles. The van der Waals surface area contributed by atoms with Gasteiger partial charge in [0.15, 0.2) is 0 Å². The molecule has 1 aliphatic rings. The van der Waals surface area contributed by atoms with Gasteiger partial charge in [-0.05, 0) is 43.9 Å². The number of rotatable bonds is 1. The topological polar surface area (TPSA) is 69.6 Å². The first kappa shape index (κ1) is 14.5. The standard InChI is InChI=1S/C15H20N2O3/c1-10-4-3-5-13(11(10)2)16-14(19)15(20)17-8-6-12(18)7-9-17/h3-5,12,18H,6-9H2,1-2H3,(H,16,19). The molecule has 0 aliphatic carbocycles. The lowest BCUT2D eigenvalue weighted by Gasteiger charge is -2.29. The lowest BCUT2D eigenvalue weighted by atomic mass is 10.1. The zero-order valence-electron chi connectivity index (χ0n) is 11.8. The van der Waals surface area contributed by atoms with Crippen LogP contribution in [0.5, 0.6) is 0 Å². The molecule has 5 nitrogen and oxygen atoms in total. The van der Waals surface area contributed by atoms with Crippen molar-refractivity contribution in [1.29, 1.82) is 0 Å². The quantitative estimate of drug-likeness (QED) is 0.758. The Hall–Kier alpha value is -1.88. The van der Waals surface area contributed by atoms with Crippen molar-refractivity contribution in [2.45, 2.75) is 32.8 Å². The summed E-state index contributed by atoms with van der Waals surface area (Å²) in [5.41, 5.74) is 2.69. The van der Waals surface area contributed by atoms with Crippen LogP contribution in [0.25, 0.3) is 0 Å². The van der Waals surface area contributed by atoms with Crippen LogP contribution in [-0.2, 0) is 9.59 Å². The van der Waals surface area contributed by atoms with Crippen LogP contribution < -0.4 is 5.32 Å². The highest BCUT2D eigenvalue weighted by Crippen LogP contribution is 2.18. The molecule has 0 unspecified atom stereocenters. The number of carbonyl (C=O) groups is 2. The van der Waals surface area contributed by atoms with Crippen LogP contribution >= 0.6 is 0 Å². The smallest absolute Gasteiger partial charge is 0.313 e. The zero-order valence-corrected chi connectivity index (χ0v) is 11.8. The number of aliphatic hydroxyl groups is 1. The summed E-state index contributed by atoms with van der Waals surface area (Å²) in [4.78, 5) is 25.5. The number of likely N-dealkylation sites (tertiary alicyclic amines) is 1. The van der Waals surface area contributed by atoms with Crippen molar-refractivity contribution in [3.8, 4) is 0 Å². The summed E-state index contributed by atoms with van der Waals surface area (Å²) in [6.45, 7) is 4.73. The second-order valence-corrected chi connectivity index (χ2v) is 5.22. The first-order chi connectivity index (χ1) is 9.49. The van der Waals surface area contributed by atoms with Crippen molar-refractivity contribution < 1.29 is 14.7 Å². The van der Waals surface area contributed by atoms with Crippen LogP contribution in [0.15, 0.2) is 18.2 Å². The minimum atomic E-state index is -0.616. The molecule has 0 radical (unpaired) electrons. The normalized spacial score (nSPS) is 16.1. The Labute approximate surface area is 118 Å². The number of hydrogen-bond acceptors (Lipinski definition) is 3. The Bertz CT molecular complexity index is 520. The number of nitrogens with one attached hydrogen (secondary N) is 1. The SMILES string of the molecule is Cc1cccc(NC(=O)C(=O)N2CCC(O)CC2)c1C. The van der Waals surface area contributed by atoms with Gasteiger partial charge in [-0.3, -0.25) is 9.59 Å². The predicted molar refractivity (Wildman–Crippen MR) is 76.4 cm³/mol. The third-order valence-corrected chi connectivity index (χ3v) is 3.80. The van der Waals surface area contributed by atoms with Gasteiger partial charge in [0.2, 0.25) is 0 Å². The fraction of sp³-hybridized carbons (Fsp3) is 0.467. The maximum absolute atomic E-state index is 12.0. The molecule has 1 aromatic rings. The minimum Gasteiger partial charge on any atom is -0.393 e. The van der Waals surface area contributed by atoms with Gasteiger partial charge in [-0.25, -0.2) is 0 Å². The van der Waals surface area contributed by atoms with Crippen molar-refractivity contribution in [1.82, 2.24) is 4.90 Å². The molecule has 1 saturated heterocycles. The van der Waals surface area contributed by atoms with Crippen LogP contribution in [-0.4, -0.2) is 41.0 Å². The molecule has 2 rings (SSSR count). The van der Waals surface area contributed by atoms with Crippen LogP contribution in [0.4, 0.5) is 5.69 Å². The van der Waals surface area contributed by atoms with Gasteiger partial charge in [0.1, 0.15) is 0 Å². The van der Waals surface area contributed by atoms with E-state index in [9.17, 15) is 14.7 Å². The summed E-state index contributed by atoms with van der Waals surface area (Å²) in [5, 5.41) is 12.1. The molecule has 1 aromatic carbocycles. The monoisotopic (exact) mass is 276 g/mol. The first-order valence-electron chi connectivity index (χ1n) is 6.83. The molecule has 1 heterocycles. The van der Waals surface area contributed by atoms with Crippen molar-refractivity contribution >= 4 is 17.5 Å². The molecule has 1 aliphatic heterocycles. The Morgan fingerprint density at radius 1 is 1.25 bits per heavy atom. The van der Waals surface area contributed by atoms with E-state index in [0.717, 1.165) is 11.1 Å². The van der Waals surface area contributed by atoms with Crippen LogP contribution in [0.3, 0.4) is 0 Å². The largest absolute Gasteiger partial charge is 0.393 e. The Morgan fingerprint density at radius 2 is 1.90 bits per heavy atom. The summed E-state index contributed by atoms with van der Waals surface area (Å²) < 4.78 is 0. The summed E-state index contributed by atoms with van der Waals surface area (Å²) in [6.07, 6.45) is 0.700. The number of amides is 2. The van der Waals surface area contributed by atoms with Crippen LogP contribution in [0, 0.1) is 13.8 Å². The summed E-state index contributed by atoms with van der Waals surface area (Å²) in [6, 6.07) is 5.59. The van der Waals surface area contributed by atoms with Crippen LogP contribution in [0.1, 0.15) is 24.0 Å². The van der Waals surface area contributed by atoms with E-state index >= 15 is 0 Å². The molecule has 0 bridgehead atoms. The van der Waals surface area contributed by atoms with E-state index in [1.165, 1.54) is 4.90 Å². The van der Waals surface area contributed by atoms with Gasteiger partial charge >= 0.3 is 11.8 Å². The number of benzene rings is 1. The van der Waals surface area contributed by atoms with Crippen LogP contribution in [0.2, 0.25) is 0 Å². The molecule has 0 spiro atoms. The number of aliphatic hydroxyl groups excluding tert-OH is 1. The number of hydrogen-bond donors (Lipinski definition) is 2. The number of anilines is 1. The number of nitrogens with zero attached hydrogens (tertiary/aromatic N) is 1. The summed E-state index contributed by atoms with van der Waals surface area (Å²) >= 11 is 0. The van der Waals surface area contributed by atoms with E-state index in [4.69, 9.17) is 0 Å². The fourth-order valence-electron chi connectivity index (χ4n) is 2.27. The number of piperidine rings is 1. The van der Waals surface area contributed by atoms with Gasteiger partial charge in [0.25, 0.3) is 0 Å². The molecule has 108 valence electrons. The van der Waals surface area contributed by atoms with Crippen molar-refractivity contribution in [2.24, 2.45) is 0 Å². The van der Waals surface area contributed by atoms with Gasteiger partial charge < -0.3 is 15.3 Å². The average molecular weight is 276 g/mol. The molecule has 1 fully saturated rings. The maximum Gasteiger partial charge on any atom is 0.313 e. The molecular weight excluding hydrogens is 256 g/mol. The van der Waals surface area contributed by atoms with E-state index in [1.54, 1.807) is 6.07 Å². The van der Waals surface area contributed by atoms with Gasteiger partial charge in [0.05, 0.1) is 6.10 Å². The third-order valence-electron chi connectivity index (χ3n) is 3.80. The van der Waals surface area contributed by atoms with E-state index in [2.05, 4.69) is 5.32 Å². The Balaban J connectivity index is 2.01. The molecule has 20 heavy (non-hydrogen) atoms. The van der Waals surface area contributed by atoms with E-state index < -0.39 is 11.8 Å².